The second-order valence-corrected chi connectivity index (χ2v) is 6.21. The Kier molecular flexibility index (Phi) is 3.19. The van der Waals surface area contributed by atoms with Gasteiger partial charge in [-0.3, -0.25) is 4.79 Å². The van der Waals surface area contributed by atoms with Crippen molar-refractivity contribution in [2.75, 3.05) is 0 Å². The van der Waals surface area contributed by atoms with E-state index in [0.29, 0.717) is 0 Å². The largest absolute Gasteiger partial charge is 0.288 e. The Labute approximate surface area is 122 Å². The molecule has 0 atom stereocenters. The summed E-state index contributed by atoms with van der Waals surface area (Å²) in [6.07, 6.45) is 0. The molecule has 0 aliphatic carbocycles. The van der Waals surface area contributed by atoms with Gasteiger partial charge in [0.2, 0.25) is 0 Å². The number of hydrogen-bond donors (Lipinski definition) is 0. The molecule has 20 heavy (non-hydrogen) atoms. The molecule has 0 spiro atoms. The predicted molar refractivity (Wildman–Crippen MR) is 87.7 cm³/mol. The molecule has 1 heterocycles. The van der Waals surface area contributed by atoms with Crippen LogP contribution in [0.1, 0.15) is 16.7 Å². The van der Waals surface area contributed by atoms with E-state index in [4.69, 9.17) is 0 Å². The molecule has 0 unspecified atom stereocenters. The van der Waals surface area contributed by atoms with Gasteiger partial charge >= 0.3 is 0 Å². The second kappa shape index (κ2) is 4.88. The molecule has 1 nitrogen and oxygen atoms in total. The minimum atomic E-state index is 0.139. The van der Waals surface area contributed by atoms with Crippen LogP contribution in [0.15, 0.2) is 46.6 Å². The standard InChI is InChI=1S/C18H16OS/c1-11-4-6-14(7-5-11)15-10-20-16-9-12(2)8-13(3)17(16)18(15)19/h4-10H,1-3H3. The molecule has 2 heteroatoms. The monoisotopic (exact) mass is 280 g/mol. The van der Waals surface area contributed by atoms with Crippen LogP contribution >= 0.6 is 11.3 Å². The van der Waals surface area contributed by atoms with Crippen LogP contribution in [0.3, 0.4) is 0 Å². The summed E-state index contributed by atoms with van der Waals surface area (Å²) in [5.74, 6) is 0. The Bertz CT molecular complexity index is 842. The van der Waals surface area contributed by atoms with Crippen LogP contribution in [0, 0.1) is 20.8 Å². The molecule has 3 rings (SSSR count). The zero-order chi connectivity index (χ0) is 14.3. The normalized spacial score (nSPS) is 10.9. The molecular formula is C18H16OS. The summed E-state index contributed by atoms with van der Waals surface area (Å²) in [5, 5.41) is 2.84. The third-order valence-electron chi connectivity index (χ3n) is 3.58. The molecule has 0 saturated heterocycles. The van der Waals surface area contributed by atoms with E-state index in [-0.39, 0.29) is 5.43 Å². The highest BCUT2D eigenvalue weighted by Crippen LogP contribution is 2.26. The smallest absolute Gasteiger partial charge is 0.196 e. The molecule has 0 saturated carbocycles. The van der Waals surface area contributed by atoms with Crippen molar-refractivity contribution < 1.29 is 0 Å². The summed E-state index contributed by atoms with van der Waals surface area (Å²) in [6, 6.07) is 12.3. The topological polar surface area (TPSA) is 17.1 Å². The molecule has 0 aliphatic heterocycles. The van der Waals surface area contributed by atoms with Gasteiger partial charge < -0.3 is 0 Å². The molecule has 3 aromatic rings. The SMILES string of the molecule is Cc1ccc(-c2csc3cc(C)cc(C)c3c2=O)cc1. The summed E-state index contributed by atoms with van der Waals surface area (Å²) in [4.78, 5) is 12.8. The fraction of sp³-hybridized carbons (Fsp3) is 0.167. The maximum atomic E-state index is 12.8. The Balaban J connectivity index is 2.31. The lowest BCUT2D eigenvalue weighted by atomic mass is 10.0. The molecule has 0 fully saturated rings. The van der Waals surface area contributed by atoms with Gasteiger partial charge in [-0.25, -0.2) is 0 Å². The van der Waals surface area contributed by atoms with Crippen molar-refractivity contribution in [3.8, 4) is 11.1 Å². The molecule has 0 radical (unpaired) electrons. The molecule has 0 bridgehead atoms. The van der Waals surface area contributed by atoms with Gasteiger partial charge in [-0.15, -0.1) is 11.3 Å². The lowest BCUT2D eigenvalue weighted by molar-refractivity contribution is 1.42. The van der Waals surface area contributed by atoms with E-state index in [1.807, 2.05) is 36.6 Å². The molecule has 0 aliphatic rings. The summed E-state index contributed by atoms with van der Waals surface area (Å²) in [6.45, 7) is 6.14. The first-order valence-corrected chi connectivity index (χ1v) is 7.54. The second-order valence-electron chi connectivity index (χ2n) is 5.30. The Morgan fingerprint density at radius 1 is 0.900 bits per heavy atom. The third kappa shape index (κ3) is 2.16. The maximum Gasteiger partial charge on any atom is 0.196 e. The Hall–Kier alpha value is -1.93. The first kappa shape index (κ1) is 13.1. The van der Waals surface area contributed by atoms with Gasteiger partial charge in [0.05, 0.1) is 0 Å². The van der Waals surface area contributed by atoms with Gasteiger partial charge in [0.15, 0.2) is 5.43 Å². The first-order valence-electron chi connectivity index (χ1n) is 6.66. The molecule has 1 aromatic heterocycles. The minimum Gasteiger partial charge on any atom is -0.288 e. The quantitative estimate of drug-likeness (QED) is 0.622. The molecule has 0 N–H and O–H groups in total. The average Bonchev–Trinajstić information content (AvgIpc) is 2.39. The van der Waals surface area contributed by atoms with E-state index in [1.165, 1.54) is 11.1 Å². The molecule has 0 amide bonds. The third-order valence-corrected chi connectivity index (χ3v) is 4.51. The zero-order valence-corrected chi connectivity index (χ0v) is 12.7. The Morgan fingerprint density at radius 3 is 2.30 bits per heavy atom. The van der Waals surface area contributed by atoms with Crippen LogP contribution in [-0.4, -0.2) is 0 Å². The van der Waals surface area contributed by atoms with Crippen LogP contribution in [0.4, 0.5) is 0 Å². The van der Waals surface area contributed by atoms with Gasteiger partial charge in [-0.05, 0) is 43.5 Å². The zero-order valence-electron chi connectivity index (χ0n) is 11.9. The van der Waals surface area contributed by atoms with Crippen LogP contribution in [0.2, 0.25) is 0 Å². The van der Waals surface area contributed by atoms with Crippen molar-refractivity contribution >= 4 is 21.4 Å². The van der Waals surface area contributed by atoms with E-state index in [2.05, 4.69) is 26.0 Å². The summed E-state index contributed by atoms with van der Waals surface area (Å²) in [7, 11) is 0. The molecular weight excluding hydrogens is 264 g/mol. The van der Waals surface area contributed by atoms with Gasteiger partial charge in [-0.1, -0.05) is 35.9 Å². The summed E-state index contributed by atoms with van der Waals surface area (Å²) >= 11 is 1.65. The van der Waals surface area contributed by atoms with Crippen molar-refractivity contribution in [2.24, 2.45) is 0 Å². The van der Waals surface area contributed by atoms with Crippen LogP contribution in [0.25, 0.3) is 21.2 Å². The number of rotatable bonds is 1. The van der Waals surface area contributed by atoms with Crippen molar-refractivity contribution in [3.05, 3.63) is 68.7 Å². The highest BCUT2D eigenvalue weighted by atomic mass is 32.1. The maximum absolute atomic E-state index is 12.8. The van der Waals surface area contributed by atoms with Crippen LogP contribution < -0.4 is 5.43 Å². The van der Waals surface area contributed by atoms with Gasteiger partial charge in [-0.2, -0.15) is 0 Å². The number of hydrogen-bond acceptors (Lipinski definition) is 2. The van der Waals surface area contributed by atoms with Crippen molar-refractivity contribution in [2.45, 2.75) is 20.8 Å². The van der Waals surface area contributed by atoms with E-state index < -0.39 is 0 Å². The fourth-order valence-electron chi connectivity index (χ4n) is 2.56. The number of fused-ring (bicyclic) bond motifs is 1. The first-order chi connectivity index (χ1) is 9.56. The van der Waals surface area contributed by atoms with E-state index >= 15 is 0 Å². The van der Waals surface area contributed by atoms with Crippen molar-refractivity contribution in [1.29, 1.82) is 0 Å². The van der Waals surface area contributed by atoms with Gasteiger partial charge in [0, 0.05) is 21.0 Å². The van der Waals surface area contributed by atoms with E-state index in [9.17, 15) is 4.79 Å². The van der Waals surface area contributed by atoms with Crippen LogP contribution in [0.5, 0.6) is 0 Å². The lowest BCUT2D eigenvalue weighted by Crippen LogP contribution is -2.05. The van der Waals surface area contributed by atoms with Crippen molar-refractivity contribution in [1.82, 2.24) is 0 Å². The highest BCUT2D eigenvalue weighted by molar-refractivity contribution is 7.16. The van der Waals surface area contributed by atoms with Gasteiger partial charge in [0.25, 0.3) is 0 Å². The minimum absolute atomic E-state index is 0.139. The van der Waals surface area contributed by atoms with E-state index in [0.717, 1.165) is 26.8 Å². The molecule has 2 aromatic carbocycles. The highest BCUT2D eigenvalue weighted by Gasteiger charge is 2.10. The fourth-order valence-corrected chi connectivity index (χ4v) is 3.67. The summed E-state index contributed by atoms with van der Waals surface area (Å²) in [5.41, 5.74) is 5.41. The van der Waals surface area contributed by atoms with E-state index in [1.54, 1.807) is 11.3 Å². The Morgan fingerprint density at radius 2 is 1.60 bits per heavy atom. The van der Waals surface area contributed by atoms with Crippen molar-refractivity contribution in [3.63, 3.8) is 0 Å². The number of benzene rings is 2. The summed E-state index contributed by atoms with van der Waals surface area (Å²) < 4.78 is 1.07. The van der Waals surface area contributed by atoms with Crippen LogP contribution in [-0.2, 0) is 0 Å². The number of aryl methyl sites for hydroxylation is 3. The lowest BCUT2D eigenvalue weighted by Gasteiger charge is -2.06. The predicted octanol–water partition coefficient (Wildman–Crippen LogP) is 4.85. The molecule has 100 valence electrons. The van der Waals surface area contributed by atoms with Gasteiger partial charge in [0.1, 0.15) is 0 Å². The average molecular weight is 280 g/mol.